The van der Waals surface area contributed by atoms with Crippen molar-refractivity contribution < 1.29 is 9.59 Å². The molecule has 2 saturated heterocycles. The molecule has 2 aliphatic heterocycles. The lowest BCUT2D eigenvalue weighted by atomic mass is 9.98. The number of unbranched alkanes of at least 4 members (excludes halogenated alkanes) is 1. The highest BCUT2D eigenvalue weighted by molar-refractivity contribution is 5.97. The number of carbonyl (C=O) groups excluding carboxylic acids is 2. The molecular formula is C22H36Cl2N4O2. The van der Waals surface area contributed by atoms with Gasteiger partial charge in [0.25, 0.3) is 0 Å². The lowest BCUT2D eigenvalue weighted by Gasteiger charge is -2.25. The summed E-state index contributed by atoms with van der Waals surface area (Å²) < 4.78 is 0. The molecule has 2 atom stereocenters. The Morgan fingerprint density at radius 2 is 1.97 bits per heavy atom. The van der Waals surface area contributed by atoms with E-state index in [-0.39, 0.29) is 42.5 Å². The van der Waals surface area contributed by atoms with E-state index < -0.39 is 6.04 Å². The number of benzene rings is 1. The number of amides is 2. The molecule has 0 bridgehead atoms. The summed E-state index contributed by atoms with van der Waals surface area (Å²) in [5.41, 5.74) is 1.95. The number of rotatable bonds is 8. The zero-order chi connectivity index (χ0) is 19.8. The Kier molecular flexibility index (Phi) is 12.1. The van der Waals surface area contributed by atoms with Crippen molar-refractivity contribution in [2.75, 3.05) is 36.4 Å². The Bertz CT molecular complexity index is 662. The molecule has 3 rings (SSSR count). The van der Waals surface area contributed by atoms with Crippen molar-refractivity contribution >= 4 is 48.0 Å². The second-order valence-electron chi connectivity index (χ2n) is 7.98. The van der Waals surface area contributed by atoms with Gasteiger partial charge in [-0.2, -0.15) is 0 Å². The molecule has 170 valence electrons. The first kappa shape index (κ1) is 26.5. The van der Waals surface area contributed by atoms with Crippen molar-refractivity contribution in [1.29, 1.82) is 0 Å². The number of anilines is 2. The summed E-state index contributed by atoms with van der Waals surface area (Å²) in [7, 11) is 0. The normalized spacial score (nSPS) is 19.2. The molecule has 0 aliphatic carbocycles. The SMILES string of the molecule is CCCCC(NC(=O)C1CCCNC1)C(=O)Nc1cccc(N2CCCC2)c1.Cl.Cl. The van der Waals surface area contributed by atoms with E-state index in [1.807, 2.05) is 18.2 Å². The van der Waals surface area contributed by atoms with Gasteiger partial charge in [-0.05, 0) is 56.8 Å². The Morgan fingerprint density at radius 3 is 2.63 bits per heavy atom. The molecule has 30 heavy (non-hydrogen) atoms. The summed E-state index contributed by atoms with van der Waals surface area (Å²) in [6.07, 6.45) is 6.91. The quantitative estimate of drug-likeness (QED) is 0.554. The zero-order valence-electron chi connectivity index (χ0n) is 17.8. The monoisotopic (exact) mass is 458 g/mol. The van der Waals surface area contributed by atoms with Crippen LogP contribution in [0.1, 0.15) is 51.9 Å². The molecule has 0 saturated carbocycles. The van der Waals surface area contributed by atoms with E-state index >= 15 is 0 Å². The maximum atomic E-state index is 12.9. The van der Waals surface area contributed by atoms with Crippen LogP contribution in [-0.2, 0) is 9.59 Å². The van der Waals surface area contributed by atoms with Crippen molar-refractivity contribution in [3.63, 3.8) is 0 Å². The fourth-order valence-electron chi connectivity index (χ4n) is 4.03. The first-order valence-corrected chi connectivity index (χ1v) is 10.8. The van der Waals surface area contributed by atoms with Crippen LogP contribution in [0.4, 0.5) is 11.4 Å². The van der Waals surface area contributed by atoms with Crippen LogP contribution in [0, 0.1) is 5.92 Å². The minimum Gasteiger partial charge on any atom is -0.371 e. The molecular weight excluding hydrogens is 423 g/mol. The largest absolute Gasteiger partial charge is 0.371 e. The lowest BCUT2D eigenvalue weighted by Crippen LogP contribution is -2.48. The van der Waals surface area contributed by atoms with Gasteiger partial charge in [0.15, 0.2) is 0 Å². The Balaban J connectivity index is 0.00000225. The molecule has 8 heteroatoms. The van der Waals surface area contributed by atoms with Gasteiger partial charge in [0.2, 0.25) is 11.8 Å². The average molecular weight is 459 g/mol. The van der Waals surface area contributed by atoms with Crippen molar-refractivity contribution in [2.24, 2.45) is 5.92 Å². The molecule has 1 aromatic carbocycles. The van der Waals surface area contributed by atoms with Gasteiger partial charge in [-0.25, -0.2) is 0 Å². The third kappa shape index (κ3) is 7.64. The van der Waals surface area contributed by atoms with Crippen LogP contribution in [0.3, 0.4) is 0 Å². The fourth-order valence-corrected chi connectivity index (χ4v) is 4.03. The van der Waals surface area contributed by atoms with Crippen LogP contribution in [0.5, 0.6) is 0 Å². The molecule has 2 fully saturated rings. The summed E-state index contributed by atoms with van der Waals surface area (Å²) in [5.74, 6) is -0.164. The van der Waals surface area contributed by atoms with Crippen LogP contribution in [0.15, 0.2) is 24.3 Å². The molecule has 1 aromatic rings. The number of hydrogen-bond donors (Lipinski definition) is 3. The molecule has 2 unspecified atom stereocenters. The van der Waals surface area contributed by atoms with Gasteiger partial charge in [-0.15, -0.1) is 24.8 Å². The van der Waals surface area contributed by atoms with Crippen molar-refractivity contribution in [1.82, 2.24) is 10.6 Å². The van der Waals surface area contributed by atoms with E-state index in [4.69, 9.17) is 0 Å². The maximum absolute atomic E-state index is 12.9. The van der Waals surface area contributed by atoms with E-state index in [1.165, 1.54) is 12.8 Å². The summed E-state index contributed by atoms with van der Waals surface area (Å²) in [6, 6.07) is 7.54. The van der Waals surface area contributed by atoms with Crippen LogP contribution < -0.4 is 20.9 Å². The van der Waals surface area contributed by atoms with Gasteiger partial charge >= 0.3 is 0 Å². The lowest BCUT2D eigenvalue weighted by molar-refractivity contribution is -0.129. The van der Waals surface area contributed by atoms with E-state index in [0.29, 0.717) is 13.0 Å². The average Bonchev–Trinajstić information content (AvgIpc) is 3.26. The number of carbonyl (C=O) groups is 2. The molecule has 0 aromatic heterocycles. The fraction of sp³-hybridized carbons (Fsp3) is 0.636. The molecule has 0 spiro atoms. The second kappa shape index (κ2) is 13.7. The van der Waals surface area contributed by atoms with Gasteiger partial charge in [-0.1, -0.05) is 25.8 Å². The van der Waals surface area contributed by atoms with E-state index in [1.54, 1.807) is 0 Å². The molecule has 0 radical (unpaired) electrons. The van der Waals surface area contributed by atoms with Gasteiger partial charge in [0.1, 0.15) is 6.04 Å². The number of nitrogens with one attached hydrogen (secondary N) is 3. The van der Waals surface area contributed by atoms with E-state index in [2.05, 4.69) is 33.8 Å². The first-order chi connectivity index (χ1) is 13.7. The predicted molar refractivity (Wildman–Crippen MR) is 128 cm³/mol. The number of halogens is 2. The molecule has 6 nitrogen and oxygen atoms in total. The second-order valence-corrected chi connectivity index (χ2v) is 7.98. The van der Waals surface area contributed by atoms with Gasteiger partial charge in [0, 0.05) is 31.0 Å². The van der Waals surface area contributed by atoms with E-state index in [0.717, 1.165) is 56.7 Å². The van der Waals surface area contributed by atoms with Crippen LogP contribution in [0.2, 0.25) is 0 Å². The van der Waals surface area contributed by atoms with Crippen molar-refractivity contribution in [2.45, 2.75) is 57.9 Å². The highest BCUT2D eigenvalue weighted by atomic mass is 35.5. The summed E-state index contributed by atoms with van der Waals surface area (Å²) >= 11 is 0. The van der Waals surface area contributed by atoms with Gasteiger partial charge in [0.05, 0.1) is 5.92 Å². The third-order valence-corrected chi connectivity index (χ3v) is 5.73. The standard InChI is InChI=1S/C22H34N4O2.2ClH/c1-2-3-11-20(25-21(27)17-8-7-12-23-16-17)22(28)24-18-9-6-10-19(15-18)26-13-4-5-14-26;;/h6,9-10,15,17,20,23H,2-5,7-8,11-14,16H2,1H3,(H,24,28)(H,25,27);2*1H. The minimum absolute atomic E-state index is 0. The van der Waals surface area contributed by atoms with Crippen molar-refractivity contribution in [3.8, 4) is 0 Å². The highest BCUT2D eigenvalue weighted by Gasteiger charge is 2.26. The van der Waals surface area contributed by atoms with Crippen molar-refractivity contribution in [3.05, 3.63) is 24.3 Å². The van der Waals surface area contributed by atoms with Crippen LogP contribution >= 0.6 is 24.8 Å². The van der Waals surface area contributed by atoms with Gasteiger partial charge in [-0.3, -0.25) is 9.59 Å². The number of nitrogens with zero attached hydrogens (tertiary/aromatic N) is 1. The number of hydrogen-bond acceptors (Lipinski definition) is 4. The topological polar surface area (TPSA) is 73.5 Å². The Hall–Kier alpha value is -1.50. The maximum Gasteiger partial charge on any atom is 0.246 e. The summed E-state index contributed by atoms with van der Waals surface area (Å²) in [6.45, 7) is 5.91. The predicted octanol–water partition coefficient (Wildman–Crippen LogP) is 3.74. The van der Waals surface area contributed by atoms with Crippen LogP contribution in [0.25, 0.3) is 0 Å². The number of piperidine rings is 1. The van der Waals surface area contributed by atoms with E-state index in [9.17, 15) is 9.59 Å². The van der Waals surface area contributed by atoms with Crippen LogP contribution in [-0.4, -0.2) is 44.0 Å². The molecule has 2 heterocycles. The highest BCUT2D eigenvalue weighted by Crippen LogP contribution is 2.23. The first-order valence-electron chi connectivity index (χ1n) is 10.8. The Morgan fingerprint density at radius 1 is 1.20 bits per heavy atom. The summed E-state index contributed by atoms with van der Waals surface area (Å²) in [5, 5.41) is 9.31. The summed E-state index contributed by atoms with van der Waals surface area (Å²) in [4.78, 5) is 27.9. The molecule has 2 aliphatic rings. The smallest absolute Gasteiger partial charge is 0.246 e. The molecule has 2 amide bonds. The molecule has 3 N–H and O–H groups in total. The minimum atomic E-state index is -0.482. The zero-order valence-corrected chi connectivity index (χ0v) is 19.5. The van der Waals surface area contributed by atoms with Gasteiger partial charge < -0.3 is 20.9 Å². The third-order valence-electron chi connectivity index (χ3n) is 5.73. The Labute approximate surface area is 192 Å².